The largest absolute Gasteiger partial charge is 0.507 e. The van der Waals surface area contributed by atoms with Gasteiger partial charge in [0.1, 0.15) is 11.6 Å². The van der Waals surface area contributed by atoms with Gasteiger partial charge in [-0.25, -0.2) is 9.18 Å². The Kier molecular flexibility index (Phi) is 3.88. The fourth-order valence-corrected chi connectivity index (χ4v) is 2.44. The van der Waals surface area contributed by atoms with Crippen LogP contribution in [0.25, 0.3) is 5.76 Å². The van der Waals surface area contributed by atoms with Gasteiger partial charge in [0.05, 0.1) is 5.57 Å². The zero-order valence-corrected chi connectivity index (χ0v) is 12.4. The fraction of sp³-hybridized carbons (Fsp3) is 0.0588. The van der Waals surface area contributed by atoms with E-state index in [2.05, 4.69) is 0 Å². The molecular formula is C17H10ClFO4. The molecule has 0 aromatic heterocycles. The average Bonchev–Trinajstić information content (AvgIpc) is 2.84. The van der Waals surface area contributed by atoms with E-state index in [0.29, 0.717) is 16.1 Å². The van der Waals surface area contributed by atoms with Crippen molar-refractivity contribution in [3.05, 3.63) is 76.1 Å². The molecule has 0 saturated carbocycles. The van der Waals surface area contributed by atoms with E-state index in [1.165, 1.54) is 36.4 Å². The van der Waals surface area contributed by atoms with Crippen molar-refractivity contribution in [2.75, 3.05) is 0 Å². The topological polar surface area (TPSA) is 63.6 Å². The second-order valence-corrected chi connectivity index (χ2v) is 5.37. The third kappa shape index (κ3) is 2.83. The summed E-state index contributed by atoms with van der Waals surface area (Å²) >= 11 is 5.79. The Bertz CT molecular complexity index is 809. The van der Waals surface area contributed by atoms with E-state index in [1.807, 2.05) is 0 Å². The number of benzene rings is 2. The number of rotatable bonds is 2. The molecule has 0 radical (unpaired) electrons. The van der Waals surface area contributed by atoms with Gasteiger partial charge in [-0.1, -0.05) is 23.7 Å². The first-order chi connectivity index (χ1) is 11.0. The first kappa shape index (κ1) is 15.2. The number of ketones is 1. The SMILES string of the molecule is O=C1O[C@@H](c2ccc(F)cc2)C(=C(O)c2ccc(Cl)cc2)C1=O. The van der Waals surface area contributed by atoms with Gasteiger partial charge in [-0.15, -0.1) is 0 Å². The number of halogens is 2. The van der Waals surface area contributed by atoms with Crippen molar-refractivity contribution < 1.29 is 23.8 Å². The molecule has 1 N–H and O–H groups in total. The molecule has 0 unspecified atom stereocenters. The van der Waals surface area contributed by atoms with Gasteiger partial charge >= 0.3 is 5.97 Å². The van der Waals surface area contributed by atoms with Crippen molar-refractivity contribution in [2.45, 2.75) is 6.10 Å². The van der Waals surface area contributed by atoms with E-state index in [-0.39, 0.29) is 11.3 Å². The van der Waals surface area contributed by atoms with Gasteiger partial charge in [0.25, 0.3) is 5.78 Å². The lowest BCUT2D eigenvalue weighted by atomic mass is 9.97. The van der Waals surface area contributed by atoms with Gasteiger partial charge in [-0.3, -0.25) is 4.79 Å². The highest BCUT2D eigenvalue weighted by atomic mass is 35.5. The van der Waals surface area contributed by atoms with Crippen LogP contribution in [0.3, 0.4) is 0 Å². The monoisotopic (exact) mass is 332 g/mol. The van der Waals surface area contributed by atoms with Crippen molar-refractivity contribution in [3.8, 4) is 0 Å². The van der Waals surface area contributed by atoms with Crippen molar-refractivity contribution in [3.63, 3.8) is 0 Å². The highest BCUT2D eigenvalue weighted by Crippen LogP contribution is 2.37. The summed E-state index contributed by atoms with van der Waals surface area (Å²) < 4.78 is 18.1. The third-order valence-electron chi connectivity index (χ3n) is 3.46. The second kappa shape index (κ2) is 5.85. The van der Waals surface area contributed by atoms with Crippen LogP contribution in [0.5, 0.6) is 0 Å². The molecule has 6 heteroatoms. The van der Waals surface area contributed by atoms with Crippen LogP contribution in [0.15, 0.2) is 54.1 Å². The summed E-state index contributed by atoms with van der Waals surface area (Å²) in [5.74, 6) is -2.81. The van der Waals surface area contributed by atoms with Crippen LogP contribution in [0, 0.1) is 5.82 Å². The molecule has 1 aliphatic rings. The standard InChI is InChI=1S/C17H10ClFO4/c18-11-5-1-9(2-6-11)14(20)13-15(21)17(22)23-16(13)10-3-7-12(19)8-4-10/h1-8,16,20H/t16-/m0/s1. The summed E-state index contributed by atoms with van der Waals surface area (Å²) in [6.07, 6.45) is -1.08. The number of hydrogen-bond acceptors (Lipinski definition) is 4. The van der Waals surface area contributed by atoms with E-state index in [1.54, 1.807) is 12.1 Å². The molecule has 1 heterocycles. The number of Topliss-reactive ketones (excluding diaryl/α,β-unsaturated/α-hetero) is 1. The summed E-state index contributed by atoms with van der Waals surface area (Å²) in [5.41, 5.74) is 0.535. The molecule has 0 bridgehead atoms. The van der Waals surface area contributed by atoms with Crippen molar-refractivity contribution >= 4 is 29.1 Å². The summed E-state index contributed by atoms with van der Waals surface area (Å²) in [5, 5.41) is 10.9. The Hall–Kier alpha value is -2.66. The molecule has 2 aromatic carbocycles. The lowest BCUT2D eigenvalue weighted by molar-refractivity contribution is -0.149. The van der Waals surface area contributed by atoms with Gasteiger partial charge in [0.15, 0.2) is 6.10 Å². The first-order valence-corrected chi connectivity index (χ1v) is 7.05. The quantitative estimate of drug-likeness (QED) is 0.395. The number of aliphatic hydroxyl groups is 1. The lowest BCUT2D eigenvalue weighted by Crippen LogP contribution is -2.08. The number of hydrogen-bond donors (Lipinski definition) is 1. The highest BCUT2D eigenvalue weighted by molar-refractivity contribution is 6.44. The summed E-state index contributed by atoms with van der Waals surface area (Å²) in [6.45, 7) is 0. The molecule has 1 aliphatic heterocycles. The van der Waals surface area contributed by atoms with Crippen LogP contribution in [-0.2, 0) is 14.3 Å². The molecule has 1 atom stereocenters. The first-order valence-electron chi connectivity index (χ1n) is 6.67. The van der Waals surface area contributed by atoms with Gasteiger partial charge in [-0.2, -0.15) is 0 Å². The molecule has 1 fully saturated rings. The molecule has 3 rings (SSSR count). The summed E-state index contributed by atoms with van der Waals surface area (Å²) in [4.78, 5) is 23.7. The zero-order chi connectivity index (χ0) is 16.6. The van der Waals surface area contributed by atoms with E-state index in [0.717, 1.165) is 0 Å². The lowest BCUT2D eigenvalue weighted by Gasteiger charge is -2.12. The van der Waals surface area contributed by atoms with Crippen molar-refractivity contribution in [2.24, 2.45) is 0 Å². The Morgan fingerprint density at radius 2 is 1.65 bits per heavy atom. The second-order valence-electron chi connectivity index (χ2n) is 4.94. The molecule has 4 nitrogen and oxygen atoms in total. The van der Waals surface area contributed by atoms with Gasteiger partial charge in [0.2, 0.25) is 0 Å². The fourth-order valence-electron chi connectivity index (χ4n) is 2.32. The molecule has 23 heavy (non-hydrogen) atoms. The van der Waals surface area contributed by atoms with Crippen molar-refractivity contribution in [1.29, 1.82) is 0 Å². The number of ether oxygens (including phenoxy) is 1. The van der Waals surface area contributed by atoms with Crippen LogP contribution in [-0.4, -0.2) is 16.9 Å². The molecule has 0 amide bonds. The molecule has 2 aromatic rings. The number of aliphatic hydroxyl groups excluding tert-OH is 1. The highest BCUT2D eigenvalue weighted by Gasteiger charge is 2.42. The molecular weight excluding hydrogens is 323 g/mol. The summed E-state index contributed by atoms with van der Waals surface area (Å²) in [6, 6.07) is 11.3. The van der Waals surface area contributed by atoms with Crippen LogP contribution >= 0.6 is 11.6 Å². The van der Waals surface area contributed by atoms with E-state index in [4.69, 9.17) is 16.3 Å². The Morgan fingerprint density at radius 1 is 1.04 bits per heavy atom. The Morgan fingerprint density at radius 3 is 2.26 bits per heavy atom. The molecule has 116 valence electrons. The van der Waals surface area contributed by atoms with Gasteiger partial charge < -0.3 is 9.84 Å². The zero-order valence-electron chi connectivity index (χ0n) is 11.6. The number of cyclic esters (lactones) is 1. The maximum Gasteiger partial charge on any atom is 0.380 e. The van der Waals surface area contributed by atoms with E-state index >= 15 is 0 Å². The van der Waals surface area contributed by atoms with Crippen LogP contribution in [0.2, 0.25) is 5.02 Å². The molecule has 0 spiro atoms. The predicted molar refractivity (Wildman–Crippen MR) is 81.2 cm³/mol. The normalized spacial score (nSPS) is 19.7. The number of carbonyl (C=O) groups excluding carboxylic acids is 2. The van der Waals surface area contributed by atoms with Crippen molar-refractivity contribution in [1.82, 2.24) is 0 Å². The Labute approximate surface area is 135 Å². The van der Waals surface area contributed by atoms with Crippen LogP contribution < -0.4 is 0 Å². The maximum absolute atomic E-state index is 13.0. The van der Waals surface area contributed by atoms with Crippen LogP contribution in [0.4, 0.5) is 4.39 Å². The summed E-state index contributed by atoms with van der Waals surface area (Å²) in [7, 11) is 0. The third-order valence-corrected chi connectivity index (χ3v) is 3.71. The Balaban J connectivity index is 2.10. The minimum Gasteiger partial charge on any atom is -0.507 e. The maximum atomic E-state index is 13.0. The smallest absolute Gasteiger partial charge is 0.380 e. The van der Waals surface area contributed by atoms with Gasteiger partial charge in [0, 0.05) is 10.6 Å². The minimum absolute atomic E-state index is 0.177. The van der Waals surface area contributed by atoms with E-state index < -0.39 is 23.7 Å². The number of carbonyl (C=O) groups is 2. The van der Waals surface area contributed by atoms with Gasteiger partial charge in [-0.05, 0) is 42.0 Å². The van der Waals surface area contributed by atoms with Crippen LogP contribution in [0.1, 0.15) is 17.2 Å². The minimum atomic E-state index is -1.08. The average molecular weight is 333 g/mol. The van der Waals surface area contributed by atoms with E-state index in [9.17, 15) is 19.1 Å². The molecule has 0 aliphatic carbocycles. The number of esters is 1. The molecule has 1 saturated heterocycles. The predicted octanol–water partition coefficient (Wildman–Crippen LogP) is 3.62.